The summed E-state index contributed by atoms with van der Waals surface area (Å²) in [6, 6.07) is 5.19. The predicted octanol–water partition coefficient (Wildman–Crippen LogP) is 3.74. The maximum Gasteiger partial charge on any atom is 0.433 e. The number of ether oxygens (including phenoxy) is 1. The van der Waals surface area contributed by atoms with E-state index >= 15 is 0 Å². The molecule has 0 amide bonds. The molecular weight excluding hydrogens is 407 g/mol. The van der Waals surface area contributed by atoms with Gasteiger partial charge in [-0.2, -0.15) is 18.2 Å². The van der Waals surface area contributed by atoms with E-state index in [4.69, 9.17) is 4.74 Å². The van der Waals surface area contributed by atoms with E-state index in [1.165, 1.54) is 5.69 Å². The number of anilines is 2. The molecule has 0 N–H and O–H groups in total. The molecule has 4 atom stereocenters. The van der Waals surface area contributed by atoms with Gasteiger partial charge in [0.2, 0.25) is 5.95 Å². The molecule has 0 radical (unpaired) electrons. The zero-order chi connectivity index (χ0) is 22.0. The van der Waals surface area contributed by atoms with Gasteiger partial charge < -0.3 is 19.1 Å². The summed E-state index contributed by atoms with van der Waals surface area (Å²) in [5, 5.41) is 0. The van der Waals surface area contributed by atoms with Crippen molar-refractivity contribution in [2.75, 3.05) is 30.0 Å². The van der Waals surface area contributed by atoms with Crippen LogP contribution in [0.4, 0.5) is 24.9 Å². The summed E-state index contributed by atoms with van der Waals surface area (Å²) in [6.07, 6.45) is 2.96. The van der Waals surface area contributed by atoms with Gasteiger partial charge in [0.05, 0.1) is 19.4 Å². The number of halogens is 3. The summed E-state index contributed by atoms with van der Waals surface area (Å²) in [5.74, 6) is 0.831. The van der Waals surface area contributed by atoms with E-state index in [1.54, 1.807) is 13.4 Å². The smallest absolute Gasteiger partial charge is 0.433 e. The first-order valence-corrected chi connectivity index (χ1v) is 10.6. The van der Waals surface area contributed by atoms with E-state index in [9.17, 15) is 13.2 Å². The molecule has 4 heterocycles. The number of methoxy groups -OCH3 is 1. The fourth-order valence-electron chi connectivity index (χ4n) is 5.30. The number of hydrogen-bond donors (Lipinski definition) is 0. The van der Waals surface area contributed by atoms with E-state index in [0.717, 1.165) is 18.9 Å². The second kappa shape index (κ2) is 6.90. The topological polar surface area (TPSA) is 46.4 Å². The Hall–Kier alpha value is -2.71. The minimum Gasteiger partial charge on any atom is -0.505 e. The molecule has 0 spiro atoms. The minimum absolute atomic E-state index is 0.141. The third-order valence-corrected chi connectivity index (χ3v) is 7.11. The van der Waals surface area contributed by atoms with Crippen LogP contribution in [-0.4, -0.2) is 46.8 Å². The lowest BCUT2D eigenvalue weighted by Crippen LogP contribution is -2.47. The fourth-order valence-corrected chi connectivity index (χ4v) is 5.30. The molecule has 1 aliphatic carbocycles. The van der Waals surface area contributed by atoms with Gasteiger partial charge in [0.25, 0.3) is 0 Å². The number of fused-ring (bicyclic) bond motifs is 1. The van der Waals surface area contributed by atoms with Gasteiger partial charge in [0.15, 0.2) is 5.69 Å². The Morgan fingerprint density at radius 3 is 2.65 bits per heavy atom. The van der Waals surface area contributed by atoms with Gasteiger partial charge in [0.1, 0.15) is 5.82 Å². The Labute approximate surface area is 179 Å². The van der Waals surface area contributed by atoms with Crippen LogP contribution in [0.1, 0.15) is 31.2 Å². The lowest BCUT2D eigenvalue weighted by molar-refractivity contribution is -0.141. The summed E-state index contributed by atoms with van der Waals surface area (Å²) in [4.78, 5) is 12.3. The number of piperidine rings is 1. The number of aryl methyl sites for hydroxylation is 1. The molecule has 2 aromatic rings. The Bertz CT molecular complexity index is 1020. The van der Waals surface area contributed by atoms with Crippen LogP contribution in [0, 0.1) is 5.92 Å². The number of nitrogens with zero attached hydrogens (tertiary/aromatic N) is 5. The van der Waals surface area contributed by atoms with E-state index < -0.39 is 11.9 Å². The normalized spacial score (nSPS) is 29.9. The van der Waals surface area contributed by atoms with Gasteiger partial charge in [-0.05, 0) is 43.9 Å². The number of aromatic nitrogens is 3. The van der Waals surface area contributed by atoms with E-state index in [-0.39, 0.29) is 23.4 Å². The third kappa shape index (κ3) is 3.08. The van der Waals surface area contributed by atoms with Crippen LogP contribution in [0.3, 0.4) is 0 Å². The van der Waals surface area contributed by atoms with Crippen molar-refractivity contribution >= 4 is 11.8 Å². The highest BCUT2D eigenvalue weighted by Gasteiger charge is 2.67. The van der Waals surface area contributed by atoms with Crippen molar-refractivity contribution < 1.29 is 17.9 Å². The molecule has 31 heavy (non-hydrogen) atoms. The maximum atomic E-state index is 13.7. The summed E-state index contributed by atoms with van der Waals surface area (Å²) in [7, 11) is 3.58. The molecule has 2 aliphatic heterocycles. The van der Waals surface area contributed by atoms with Crippen molar-refractivity contribution in [3.05, 3.63) is 48.1 Å². The molecule has 5 rings (SSSR count). The summed E-state index contributed by atoms with van der Waals surface area (Å²) in [6.45, 7) is 3.30. The highest BCUT2D eigenvalue weighted by atomic mass is 19.4. The van der Waals surface area contributed by atoms with Crippen LogP contribution < -0.4 is 9.80 Å². The third-order valence-electron chi connectivity index (χ3n) is 7.11. The van der Waals surface area contributed by atoms with Crippen LogP contribution in [0.5, 0.6) is 0 Å². The van der Waals surface area contributed by atoms with E-state index in [2.05, 4.69) is 20.6 Å². The van der Waals surface area contributed by atoms with Gasteiger partial charge in [-0.15, -0.1) is 0 Å². The monoisotopic (exact) mass is 433 g/mol. The van der Waals surface area contributed by atoms with Crippen molar-refractivity contribution in [3.8, 4) is 0 Å². The van der Waals surface area contributed by atoms with Crippen molar-refractivity contribution in [2.24, 2.45) is 13.0 Å². The van der Waals surface area contributed by atoms with Gasteiger partial charge in [-0.25, -0.2) is 4.98 Å². The largest absolute Gasteiger partial charge is 0.505 e. The molecule has 3 aliphatic rings. The molecule has 3 unspecified atom stereocenters. The van der Waals surface area contributed by atoms with Gasteiger partial charge in [-0.1, -0.05) is 0 Å². The summed E-state index contributed by atoms with van der Waals surface area (Å²) < 4.78 is 48.4. The van der Waals surface area contributed by atoms with Crippen LogP contribution >= 0.6 is 0 Å². The first kappa shape index (κ1) is 20.2. The standard InChI is InChI=1S/C22H26F3N5O/c1-14-6-9-29(14)20-26-16(22(23,24)25)11-19(27-20)30-13-15-12-21(15,18(30)7-10-31-3)17-5-4-8-28(17)2/h4-5,7-8,10-11,14-15,18H,6,9,12-13H2,1-3H3/b10-7+/t14-,15?,18?,21?/m0/s1. The lowest BCUT2D eigenvalue weighted by Gasteiger charge is -2.39. The van der Waals surface area contributed by atoms with Crippen LogP contribution in [-0.2, 0) is 23.4 Å². The first-order valence-electron chi connectivity index (χ1n) is 10.6. The number of alkyl halides is 3. The zero-order valence-corrected chi connectivity index (χ0v) is 17.8. The Kier molecular flexibility index (Phi) is 4.50. The van der Waals surface area contributed by atoms with Crippen molar-refractivity contribution in [1.29, 1.82) is 0 Å². The Morgan fingerprint density at radius 1 is 1.26 bits per heavy atom. The minimum atomic E-state index is -4.53. The Morgan fingerprint density at radius 2 is 2.06 bits per heavy atom. The molecular formula is C22H26F3N5O. The molecule has 166 valence electrons. The molecule has 6 nitrogen and oxygen atoms in total. The highest BCUT2D eigenvalue weighted by molar-refractivity contribution is 5.56. The average molecular weight is 433 g/mol. The first-order chi connectivity index (χ1) is 14.8. The summed E-state index contributed by atoms with van der Waals surface area (Å²) in [5.41, 5.74) is 0.142. The van der Waals surface area contributed by atoms with Gasteiger partial charge in [0, 0.05) is 49.6 Å². The van der Waals surface area contributed by atoms with Crippen molar-refractivity contribution in [1.82, 2.24) is 14.5 Å². The fraction of sp³-hybridized carbons (Fsp3) is 0.545. The molecule has 9 heteroatoms. The molecule has 3 fully saturated rings. The van der Waals surface area contributed by atoms with Gasteiger partial charge >= 0.3 is 6.18 Å². The SMILES string of the molecule is CO/C=C/C1N(c2cc(C(F)(F)F)nc(N3CC[C@@H]3C)n2)CC2CC21c1cccn1C. The second-order valence-corrected chi connectivity index (χ2v) is 8.85. The van der Waals surface area contributed by atoms with Crippen LogP contribution in [0.2, 0.25) is 0 Å². The van der Waals surface area contributed by atoms with Crippen LogP contribution in [0.15, 0.2) is 36.7 Å². The quantitative estimate of drug-likeness (QED) is 0.673. The molecule has 2 saturated heterocycles. The van der Waals surface area contributed by atoms with E-state index in [0.29, 0.717) is 24.8 Å². The van der Waals surface area contributed by atoms with Crippen LogP contribution in [0.25, 0.3) is 0 Å². The predicted molar refractivity (Wildman–Crippen MR) is 111 cm³/mol. The average Bonchev–Trinajstić information content (AvgIpc) is 3.09. The van der Waals surface area contributed by atoms with Crippen molar-refractivity contribution in [2.45, 2.75) is 43.4 Å². The lowest BCUT2D eigenvalue weighted by atomic mass is 9.92. The van der Waals surface area contributed by atoms with Crippen molar-refractivity contribution in [3.63, 3.8) is 0 Å². The zero-order valence-electron chi connectivity index (χ0n) is 17.8. The number of hydrogen-bond acceptors (Lipinski definition) is 5. The highest BCUT2D eigenvalue weighted by Crippen LogP contribution is 2.63. The molecule has 2 aromatic heterocycles. The molecule has 0 bridgehead atoms. The number of rotatable bonds is 5. The van der Waals surface area contributed by atoms with E-state index in [1.807, 2.05) is 42.1 Å². The molecule has 0 aromatic carbocycles. The van der Waals surface area contributed by atoms with Gasteiger partial charge in [-0.3, -0.25) is 0 Å². The Balaban J connectivity index is 1.58. The maximum absolute atomic E-state index is 13.7. The second-order valence-electron chi connectivity index (χ2n) is 8.85. The molecule has 1 saturated carbocycles. The summed E-state index contributed by atoms with van der Waals surface area (Å²) >= 11 is 0.